The number of hydrogen-bond donors (Lipinski definition) is 0. The summed E-state index contributed by atoms with van der Waals surface area (Å²) in [5, 5.41) is 0. The SMILES string of the molecule is C(=C\c1ccnc(-c2cc(/C=C/c3ccc(N(c4ccccc4)c4ccc(-c5ccccc5)cc4)cc3)ccn2)c1)/c1ccc(N(c2ccccc2)c2ccc(-c3ccccc3)cc2)cc1. The fourth-order valence-electron chi connectivity index (χ4n) is 8.15. The van der Waals surface area contributed by atoms with Crippen molar-refractivity contribution in [3.05, 3.63) is 277 Å². The molecule has 10 aromatic rings. The normalized spacial score (nSPS) is 11.2. The summed E-state index contributed by atoms with van der Waals surface area (Å²) in [4.78, 5) is 14.0. The van der Waals surface area contributed by atoms with Gasteiger partial charge in [0.15, 0.2) is 0 Å². The summed E-state index contributed by atoms with van der Waals surface area (Å²) < 4.78 is 0. The number of nitrogens with zero attached hydrogens (tertiary/aromatic N) is 4. The van der Waals surface area contributed by atoms with Crippen LogP contribution in [0.5, 0.6) is 0 Å². The fourth-order valence-corrected chi connectivity index (χ4v) is 8.15. The highest BCUT2D eigenvalue weighted by Gasteiger charge is 2.14. The van der Waals surface area contributed by atoms with Crippen LogP contribution in [0.4, 0.5) is 34.1 Å². The smallest absolute Gasteiger partial charge is 0.0892 e. The number of pyridine rings is 2. The Balaban J connectivity index is 0.824. The summed E-state index contributed by atoms with van der Waals surface area (Å²) in [6.45, 7) is 0. The molecule has 0 fully saturated rings. The Kier molecular flexibility index (Phi) is 12.3. The van der Waals surface area contributed by atoms with E-state index in [9.17, 15) is 0 Å². The number of aromatic nitrogens is 2. The van der Waals surface area contributed by atoms with Crippen molar-refractivity contribution in [1.29, 1.82) is 0 Å². The lowest BCUT2D eigenvalue weighted by atomic mass is 10.0. The minimum atomic E-state index is 0.821. The Morgan fingerprint density at radius 3 is 0.864 bits per heavy atom. The molecule has 0 saturated carbocycles. The minimum Gasteiger partial charge on any atom is -0.311 e. The zero-order chi connectivity index (χ0) is 44.3. The number of hydrogen-bond acceptors (Lipinski definition) is 4. The van der Waals surface area contributed by atoms with Gasteiger partial charge in [0.2, 0.25) is 0 Å². The number of benzene rings is 8. The molecule has 0 N–H and O–H groups in total. The van der Waals surface area contributed by atoms with Gasteiger partial charge in [0.1, 0.15) is 0 Å². The molecule has 0 aliphatic rings. The molecule has 0 saturated heterocycles. The molecule has 4 nitrogen and oxygen atoms in total. The Labute approximate surface area is 387 Å². The van der Waals surface area contributed by atoms with Crippen molar-refractivity contribution in [2.45, 2.75) is 0 Å². The molecule has 8 aromatic carbocycles. The molecular weight excluding hydrogens is 801 g/mol. The van der Waals surface area contributed by atoms with Crippen LogP contribution in [0.25, 0.3) is 57.9 Å². The molecule has 0 amide bonds. The number of para-hydroxylation sites is 2. The van der Waals surface area contributed by atoms with E-state index in [1.54, 1.807) is 0 Å². The lowest BCUT2D eigenvalue weighted by Crippen LogP contribution is -2.09. The van der Waals surface area contributed by atoms with Crippen LogP contribution in [-0.4, -0.2) is 9.97 Å². The van der Waals surface area contributed by atoms with Crippen LogP contribution < -0.4 is 9.80 Å². The maximum Gasteiger partial charge on any atom is 0.0892 e. The van der Waals surface area contributed by atoms with Gasteiger partial charge in [0.05, 0.1) is 11.4 Å². The van der Waals surface area contributed by atoms with Gasteiger partial charge in [0, 0.05) is 46.5 Å². The second-order valence-electron chi connectivity index (χ2n) is 16.0. The van der Waals surface area contributed by atoms with E-state index in [2.05, 4.69) is 252 Å². The monoisotopic (exact) mass is 846 g/mol. The minimum absolute atomic E-state index is 0.821. The standard InChI is InChI=1S/C62H46N4/c1-5-13-51(14-6-1)53-29-37-59(38-30-53)65(55-17-9-3-10-18-55)57-33-25-47(26-34-57)21-23-49-41-43-63-61(45-49)62-46-50(42-44-64-62)24-22-48-27-35-58(36-28-48)66(56-19-11-4-12-20-56)60-39-31-54(32-40-60)52-15-7-2-8-16-52/h1-46H/b23-21+,24-22+. The molecule has 0 unspecified atom stereocenters. The van der Waals surface area contributed by atoms with Crippen molar-refractivity contribution >= 4 is 58.4 Å². The maximum atomic E-state index is 4.70. The molecular formula is C62H46N4. The Morgan fingerprint density at radius 1 is 0.242 bits per heavy atom. The van der Waals surface area contributed by atoms with E-state index in [0.717, 1.165) is 67.8 Å². The Morgan fingerprint density at radius 2 is 0.515 bits per heavy atom. The molecule has 0 atom stereocenters. The lowest BCUT2D eigenvalue weighted by molar-refractivity contribution is 1.24. The molecule has 0 spiro atoms. The van der Waals surface area contributed by atoms with Gasteiger partial charge in [0.25, 0.3) is 0 Å². The van der Waals surface area contributed by atoms with E-state index >= 15 is 0 Å². The highest BCUT2D eigenvalue weighted by atomic mass is 15.1. The Bertz CT molecular complexity index is 2960. The molecule has 0 aliphatic heterocycles. The van der Waals surface area contributed by atoms with E-state index in [1.165, 1.54) is 22.3 Å². The van der Waals surface area contributed by atoms with Crippen LogP contribution >= 0.6 is 0 Å². The van der Waals surface area contributed by atoms with Crippen molar-refractivity contribution in [3.8, 4) is 33.6 Å². The van der Waals surface area contributed by atoms with Crippen molar-refractivity contribution in [2.24, 2.45) is 0 Å². The molecule has 0 radical (unpaired) electrons. The summed E-state index contributed by atoms with van der Waals surface area (Å²) in [7, 11) is 0. The van der Waals surface area contributed by atoms with E-state index < -0.39 is 0 Å². The van der Waals surface area contributed by atoms with Gasteiger partial charge in [-0.25, -0.2) is 0 Å². The van der Waals surface area contributed by atoms with Gasteiger partial charge < -0.3 is 9.80 Å². The molecule has 2 heterocycles. The van der Waals surface area contributed by atoms with E-state index in [0.29, 0.717) is 0 Å². The predicted octanol–water partition coefficient (Wildman–Crippen LogP) is 16.8. The highest BCUT2D eigenvalue weighted by Crippen LogP contribution is 2.37. The molecule has 314 valence electrons. The molecule has 2 aromatic heterocycles. The molecule has 66 heavy (non-hydrogen) atoms. The second kappa shape index (κ2) is 19.7. The zero-order valence-corrected chi connectivity index (χ0v) is 36.3. The maximum absolute atomic E-state index is 4.70. The average Bonchev–Trinajstić information content (AvgIpc) is 3.40. The van der Waals surface area contributed by atoms with Gasteiger partial charge >= 0.3 is 0 Å². The van der Waals surface area contributed by atoms with Crippen LogP contribution in [0, 0.1) is 0 Å². The van der Waals surface area contributed by atoms with Crippen LogP contribution in [0.2, 0.25) is 0 Å². The van der Waals surface area contributed by atoms with Crippen LogP contribution in [0.15, 0.2) is 255 Å². The Hall–Kier alpha value is -8.86. The first-order valence-electron chi connectivity index (χ1n) is 22.2. The first kappa shape index (κ1) is 41.2. The van der Waals surface area contributed by atoms with E-state index in [1.807, 2.05) is 36.7 Å². The summed E-state index contributed by atoms with van der Waals surface area (Å²) in [6, 6.07) is 85.1. The van der Waals surface area contributed by atoms with Crippen LogP contribution in [0.3, 0.4) is 0 Å². The van der Waals surface area contributed by atoms with Gasteiger partial charge in [-0.05, 0) is 142 Å². The topological polar surface area (TPSA) is 32.3 Å². The zero-order valence-electron chi connectivity index (χ0n) is 36.3. The van der Waals surface area contributed by atoms with Crippen molar-refractivity contribution in [1.82, 2.24) is 9.97 Å². The van der Waals surface area contributed by atoms with Crippen LogP contribution in [-0.2, 0) is 0 Å². The summed E-state index contributed by atoms with van der Waals surface area (Å²) in [5.41, 5.74) is 17.3. The molecule has 10 rings (SSSR count). The summed E-state index contributed by atoms with van der Waals surface area (Å²) >= 11 is 0. The van der Waals surface area contributed by atoms with Gasteiger partial charge in [-0.1, -0.05) is 170 Å². The van der Waals surface area contributed by atoms with Gasteiger partial charge in [-0.2, -0.15) is 0 Å². The fraction of sp³-hybridized carbons (Fsp3) is 0. The van der Waals surface area contributed by atoms with Crippen molar-refractivity contribution in [3.63, 3.8) is 0 Å². The summed E-state index contributed by atoms with van der Waals surface area (Å²) in [6.07, 6.45) is 12.2. The van der Waals surface area contributed by atoms with Crippen LogP contribution in [0.1, 0.15) is 22.3 Å². The van der Waals surface area contributed by atoms with Gasteiger partial charge in [-0.3, -0.25) is 9.97 Å². The number of anilines is 6. The average molecular weight is 847 g/mol. The number of rotatable bonds is 13. The molecule has 4 heteroatoms. The highest BCUT2D eigenvalue weighted by molar-refractivity contribution is 5.82. The molecule has 0 aliphatic carbocycles. The lowest BCUT2D eigenvalue weighted by Gasteiger charge is -2.25. The third-order valence-electron chi connectivity index (χ3n) is 11.6. The second-order valence-corrected chi connectivity index (χ2v) is 16.0. The van der Waals surface area contributed by atoms with E-state index in [4.69, 9.17) is 9.97 Å². The van der Waals surface area contributed by atoms with Gasteiger partial charge in [-0.15, -0.1) is 0 Å². The van der Waals surface area contributed by atoms with E-state index in [-0.39, 0.29) is 0 Å². The first-order chi connectivity index (χ1) is 32.7. The largest absolute Gasteiger partial charge is 0.311 e. The third-order valence-corrected chi connectivity index (χ3v) is 11.6. The first-order valence-corrected chi connectivity index (χ1v) is 22.2. The predicted molar refractivity (Wildman–Crippen MR) is 278 cm³/mol. The molecule has 0 bridgehead atoms. The van der Waals surface area contributed by atoms with Crippen molar-refractivity contribution in [2.75, 3.05) is 9.80 Å². The summed E-state index contributed by atoms with van der Waals surface area (Å²) in [5.74, 6) is 0. The van der Waals surface area contributed by atoms with Crippen molar-refractivity contribution < 1.29 is 0 Å². The third kappa shape index (κ3) is 9.69. The quantitative estimate of drug-likeness (QED) is 0.116.